The van der Waals surface area contributed by atoms with E-state index in [0.717, 1.165) is 10.5 Å². The van der Waals surface area contributed by atoms with Gasteiger partial charge in [-0.1, -0.05) is 18.2 Å². The molecule has 1 aromatic rings. The predicted molar refractivity (Wildman–Crippen MR) is 67.8 cm³/mol. The summed E-state index contributed by atoms with van der Waals surface area (Å²) in [5.74, 6) is -0.599. The summed E-state index contributed by atoms with van der Waals surface area (Å²) in [6.07, 6.45) is 0. The molecule has 6 heteroatoms. The Morgan fingerprint density at radius 1 is 0.950 bits per heavy atom. The zero-order chi connectivity index (χ0) is 14.4. The molecule has 5 nitrogen and oxygen atoms in total. The second-order valence-corrected chi connectivity index (χ2v) is 5.76. The molecule has 2 aliphatic heterocycles. The van der Waals surface area contributed by atoms with Gasteiger partial charge in [0.1, 0.15) is 24.3 Å². The van der Waals surface area contributed by atoms with Crippen LogP contribution < -0.4 is 0 Å². The molecule has 0 N–H and O–H groups in total. The highest BCUT2D eigenvalue weighted by Gasteiger charge is 2.68. The Morgan fingerprint density at radius 3 is 2.15 bits per heavy atom. The zero-order valence-electron chi connectivity index (χ0n) is 10.1. The van der Waals surface area contributed by atoms with Crippen LogP contribution in [0.25, 0.3) is 0 Å². The van der Waals surface area contributed by atoms with Gasteiger partial charge in [0.25, 0.3) is 11.2 Å². The van der Waals surface area contributed by atoms with E-state index in [4.69, 9.17) is 4.74 Å². The molecule has 0 amide bonds. The molecule has 2 unspecified atom stereocenters. The molecule has 0 spiro atoms. The van der Waals surface area contributed by atoms with Crippen LogP contribution in [-0.4, -0.2) is 16.5 Å². The van der Waals surface area contributed by atoms with Crippen molar-refractivity contribution >= 4 is 11.8 Å². The normalized spacial score (nSPS) is 27.2. The van der Waals surface area contributed by atoms with E-state index < -0.39 is 22.4 Å². The molecule has 2 heterocycles. The van der Waals surface area contributed by atoms with Crippen LogP contribution >= 0.6 is 11.8 Å². The molecule has 0 radical (unpaired) electrons. The predicted octanol–water partition coefficient (Wildman–Crippen LogP) is 1.85. The van der Waals surface area contributed by atoms with Crippen LogP contribution in [-0.2, 0) is 4.74 Å². The highest BCUT2D eigenvalue weighted by molar-refractivity contribution is 8.00. The van der Waals surface area contributed by atoms with Gasteiger partial charge in [-0.05, 0) is 11.6 Å². The average Bonchev–Trinajstić information content (AvgIpc) is 3.02. The highest BCUT2D eigenvalue weighted by atomic mass is 32.2. The van der Waals surface area contributed by atoms with Crippen molar-refractivity contribution in [2.45, 2.75) is 27.3 Å². The van der Waals surface area contributed by atoms with E-state index in [1.807, 2.05) is 42.5 Å². The minimum absolute atomic E-state index is 0.575. The lowest BCUT2D eigenvalue weighted by Crippen LogP contribution is -2.35. The van der Waals surface area contributed by atoms with Crippen LogP contribution in [0.1, 0.15) is 11.5 Å². The van der Waals surface area contributed by atoms with Crippen molar-refractivity contribution in [3.05, 3.63) is 29.8 Å². The topological polar surface area (TPSA) is 104 Å². The van der Waals surface area contributed by atoms with Crippen LogP contribution in [0.3, 0.4) is 0 Å². The maximum absolute atomic E-state index is 9.39. The molecule has 0 bridgehead atoms. The SMILES string of the molecule is N#CC1(C#N)OC(C#N)(C#N)C2c3ccccc3SC21. The average molecular weight is 278 g/mol. The Bertz CT molecular complexity index is 733. The molecule has 0 aromatic heterocycles. The van der Waals surface area contributed by atoms with Gasteiger partial charge >= 0.3 is 0 Å². The molecule has 20 heavy (non-hydrogen) atoms. The van der Waals surface area contributed by atoms with Crippen molar-refractivity contribution in [1.82, 2.24) is 0 Å². The fourth-order valence-corrected chi connectivity index (χ4v) is 4.30. The first-order valence-corrected chi connectivity index (χ1v) is 6.65. The Balaban J connectivity index is 2.27. The Hall–Kier alpha value is -2.51. The van der Waals surface area contributed by atoms with Gasteiger partial charge in [0.15, 0.2) is 0 Å². The fourth-order valence-electron chi connectivity index (χ4n) is 2.75. The third-order valence-corrected chi connectivity index (χ3v) is 5.12. The molecule has 2 aliphatic rings. The number of hydrogen-bond acceptors (Lipinski definition) is 6. The van der Waals surface area contributed by atoms with Crippen molar-refractivity contribution in [2.24, 2.45) is 0 Å². The Morgan fingerprint density at radius 2 is 1.55 bits per heavy atom. The third kappa shape index (κ3) is 1.28. The van der Waals surface area contributed by atoms with Gasteiger partial charge < -0.3 is 4.74 Å². The molecular weight excluding hydrogens is 272 g/mol. The number of ether oxygens (including phenoxy) is 1. The van der Waals surface area contributed by atoms with Gasteiger partial charge in [-0.2, -0.15) is 21.0 Å². The lowest BCUT2D eigenvalue weighted by Gasteiger charge is -2.19. The van der Waals surface area contributed by atoms with Crippen LogP contribution in [0.2, 0.25) is 0 Å². The summed E-state index contributed by atoms with van der Waals surface area (Å²) in [7, 11) is 0. The highest BCUT2D eigenvalue weighted by Crippen LogP contribution is 2.60. The molecule has 2 atom stereocenters. The van der Waals surface area contributed by atoms with E-state index in [-0.39, 0.29) is 0 Å². The molecule has 1 aromatic carbocycles. The quantitative estimate of drug-likeness (QED) is 0.717. The lowest BCUT2D eigenvalue weighted by atomic mass is 9.81. The number of nitriles is 4. The largest absolute Gasteiger partial charge is 0.311 e. The van der Waals surface area contributed by atoms with E-state index in [2.05, 4.69) is 0 Å². The molecule has 1 fully saturated rings. The number of rotatable bonds is 0. The second-order valence-electron chi connectivity index (χ2n) is 4.57. The first-order chi connectivity index (χ1) is 9.66. The Kier molecular flexibility index (Phi) is 2.50. The molecule has 0 saturated carbocycles. The van der Waals surface area contributed by atoms with E-state index in [1.54, 1.807) is 6.07 Å². The number of nitrogens with zero attached hydrogens (tertiary/aromatic N) is 4. The fraction of sp³-hybridized carbons (Fsp3) is 0.286. The minimum Gasteiger partial charge on any atom is -0.311 e. The number of thioether (sulfide) groups is 1. The van der Waals surface area contributed by atoms with E-state index in [0.29, 0.717) is 0 Å². The summed E-state index contributed by atoms with van der Waals surface area (Å²) in [4.78, 5) is 0.885. The van der Waals surface area contributed by atoms with Crippen LogP contribution in [0.5, 0.6) is 0 Å². The smallest absolute Gasteiger partial charge is 0.256 e. The lowest BCUT2D eigenvalue weighted by molar-refractivity contribution is 0.0178. The maximum atomic E-state index is 9.39. The maximum Gasteiger partial charge on any atom is 0.256 e. The van der Waals surface area contributed by atoms with Gasteiger partial charge in [0.2, 0.25) is 0 Å². The third-order valence-electron chi connectivity index (χ3n) is 3.64. The van der Waals surface area contributed by atoms with Crippen LogP contribution in [0.4, 0.5) is 0 Å². The van der Waals surface area contributed by atoms with E-state index >= 15 is 0 Å². The van der Waals surface area contributed by atoms with Gasteiger partial charge in [0.05, 0.1) is 11.2 Å². The van der Waals surface area contributed by atoms with Crippen molar-refractivity contribution < 1.29 is 4.74 Å². The first-order valence-electron chi connectivity index (χ1n) is 5.77. The van der Waals surface area contributed by atoms with Crippen molar-refractivity contribution in [2.75, 3.05) is 0 Å². The number of fused-ring (bicyclic) bond motifs is 3. The van der Waals surface area contributed by atoms with Gasteiger partial charge in [-0.3, -0.25) is 0 Å². The van der Waals surface area contributed by atoms with E-state index in [1.165, 1.54) is 11.8 Å². The molecule has 94 valence electrons. The number of hydrogen-bond donors (Lipinski definition) is 0. The summed E-state index contributed by atoms with van der Waals surface area (Å²) in [6.45, 7) is 0. The molecular formula is C14H6N4OS. The van der Waals surface area contributed by atoms with Crippen LogP contribution in [0, 0.1) is 45.3 Å². The minimum atomic E-state index is -1.80. The van der Waals surface area contributed by atoms with Gasteiger partial charge in [-0.25, -0.2) is 0 Å². The monoisotopic (exact) mass is 278 g/mol. The van der Waals surface area contributed by atoms with Gasteiger partial charge in [-0.15, -0.1) is 11.8 Å². The summed E-state index contributed by atoms with van der Waals surface area (Å²) in [5, 5.41) is 36.9. The molecule has 3 rings (SSSR count). The Labute approximate surface area is 119 Å². The van der Waals surface area contributed by atoms with Crippen molar-refractivity contribution in [3.8, 4) is 24.3 Å². The second kappa shape index (κ2) is 3.99. The molecule has 1 saturated heterocycles. The number of benzene rings is 1. The summed E-state index contributed by atoms with van der Waals surface area (Å²) >= 11 is 1.32. The van der Waals surface area contributed by atoms with Crippen molar-refractivity contribution in [1.29, 1.82) is 21.0 Å². The summed E-state index contributed by atoms with van der Waals surface area (Å²) in [5.41, 5.74) is -2.78. The van der Waals surface area contributed by atoms with Gasteiger partial charge in [0, 0.05) is 4.90 Å². The molecule has 0 aliphatic carbocycles. The van der Waals surface area contributed by atoms with Crippen LogP contribution in [0.15, 0.2) is 29.2 Å². The summed E-state index contributed by atoms with van der Waals surface area (Å²) in [6, 6.07) is 14.7. The summed E-state index contributed by atoms with van der Waals surface area (Å²) < 4.78 is 5.39. The standard InChI is InChI=1S/C14H6N4OS/c15-5-13(6-16)11-9-3-1-2-4-10(9)20-12(11)14(7-17,8-18)19-13/h1-4,11-12H. The van der Waals surface area contributed by atoms with E-state index in [9.17, 15) is 21.0 Å². The first kappa shape index (κ1) is 12.5. The zero-order valence-corrected chi connectivity index (χ0v) is 10.9. The van der Waals surface area contributed by atoms with Crippen molar-refractivity contribution in [3.63, 3.8) is 0 Å².